The van der Waals surface area contributed by atoms with Gasteiger partial charge in [-0.05, 0) is 6.92 Å². The molecule has 1 heterocycles. The summed E-state index contributed by atoms with van der Waals surface area (Å²) in [7, 11) is 0. The van der Waals surface area contributed by atoms with Crippen LogP contribution in [-0.4, -0.2) is 52.2 Å². The summed E-state index contributed by atoms with van der Waals surface area (Å²) in [6.07, 6.45) is 0. The van der Waals surface area contributed by atoms with Gasteiger partial charge in [0.05, 0.1) is 0 Å². The third-order valence-electron chi connectivity index (χ3n) is 2.76. The Labute approximate surface area is 88.8 Å². The zero-order valence-corrected chi connectivity index (χ0v) is 9.46. The molecule has 1 saturated heterocycles. The van der Waals surface area contributed by atoms with Gasteiger partial charge in [0.2, 0.25) is 0 Å². The Kier molecular flexibility index (Phi) is 4.22. The molecule has 0 radical (unpaired) electrons. The van der Waals surface area contributed by atoms with E-state index in [9.17, 15) is 4.79 Å². The number of carbonyl (C=O) groups is 1. The second kappa shape index (κ2) is 5.00. The predicted molar refractivity (Wildman–Crippen MR) is 58.6 cm³/mol. The molecule has 1 aliphatic rings. The van der Waals surface area contributed by atoms with Gasteiger partial charge in [-0.2, -0.15) is 11.8 Å². The molecule has 3 unspecified atom stereocenters. The third kappa shape index (κ3) is 2.87. The van der Waals surface area contributed by atoms with Crippen LogP contribution in [0.5, 0.6) is 0 Å². The molecule has 0 aromatic carbocycles. The van der Waals surface area contributed by atoms with Gasteiger partial charge in [-0.15, -0.1) is 0 Å². The molecule has 5 heteroatoms. The van der Waals surface area contributed by atoms with Crippen molar-refractivity contribution in [2.24, 2.45) is 5.73 Å². The van der Waals surface area contributed by atoms with Crippen molar-refractivity contribution in [3.63, 3.8) is 0 Å². The summed E-state index contributed by atoms with van der Waals surface area (Å²) in [6, 6.07) is -0.341. The summed E-state index contributed by atoms with van der Waals surface area (Å²) in [4.78, 5) is 12.8. The minimum Gasteiger partial charge on any atom is -0.480 e. The molecule has 0 aromatic rings. The molecular formula is C9H18N2O2S. The smallest absolute Gasteiger partial charge is 0.321 e. The van der Waals surface area contributed by atoms with E-state index in [-0.39, 0.29) is 0 Å². The lowest BCUT2D eigenvalue weighted by Gasteiger charge is -2.38. The van der Waals surface area contributed by atoms with Crippen molar-refractivity contribution in [3.05, 3.63) is 0 Å². The molecule has 1 fully saturated rings. The van der Waals surface area contributed by atoms with Gasteiger partial charge in [0, 0.05) is 30.1 Å². The molecule has 0 amide bonds. The van der Waals surface area contributed by atoms with Crippen molar-refractivity contribution in [1.82, 2.24) is 4.90 Å². The highest BCUT2D eigenvalue weighted by atomic mass is 32.2. The summed E-state index contributed by atoms with van der Waals surface area (Å²) < 4.78 is 0. The lowest BCUT2D eigenvalue weighted by molar-refractivity contribution is -0.139. The number of aliphatic carboxylic acids is 1. The normalized spacial score (nSPS) is 31.4. The second-order valence-electron chi connectivity index (χ2n) is 3.76. The molecule has 0 aromatic heterocycles. The first-order valence-electron chi connectivity index (χ1n) is 4.86. The Morgan fingerprint density at radius 2 is 2.36 bits per heavy atom. The summed E-state index contributed by atoms with van der Waals surface area (Å²) in [5.74, 6) is 0.153. The number of nitrogens with two attached hydrogens (primary N) is 1. The first-order valence-corrected chi connectivity index (χ1v) is 5.91. The van der Waals surface area contributed by atoms with Crippen molar-refractivity contribution >= 4 is 17.7 Å². The Balaban J connectivity index is 2.46. The van der Waals surface area contributed by atoms with Crippen LogP contribution in [0.4, 0.5) is 0 Å². The zero-order valence-electron chi connectivity index (χ0n) is 8.64. The van der Waals surface area contributed by atoms with Crippen molar-refractivity contribution < 1.29 is 9.90 Å². The minimum atomic E-state index is -0.914. The molecule has 82 valence electrons. The highest BCUT2D eigenvalue weighted by molar-refractivity contribution is 8.00. The van der Waals surface area contributed by atoms with Crippen molar-refractivity contribution in [3.8, 4) is 0 Å². The quantitative estimate of drug-likeness (QED) is 0.709. The molecule has 3 atom stereocenters. The molecular weight excluding hydrogens is 200 g/mol. The molecule has 0 spiro atoms. The third-order valence-corrected chi connectivity index (χ3v) is 4.10. The summed E-state index contributed by atoms with van der Waals surface area (Å²) >= 11 is 1.94. The molecule has 14 heavy (non-hydrogen) atoms. The highest BCUT2D eigenvalue weighted by Crippen LogP contribution is 2.23. The van der Waals surface area contributed by atoms with Crippen LogP contribution in [0, 0.1) is 0 Å². The van der Waals surface area contributed by atoms with E-state index < -0.39 is 12.0 Å². The number of carboxylic acid groups (broad SMARTS) is 1. The first kappa shape index (κ1) is 11.8. The fourth-order valence-electron chi connectivity index (χ4n) is 1.58. The fourth-order valence-corrected chi connectivity index (χ4v) is 2.75. The molecule has 1 rings (SSSR count). The number of rotatable bonds is 3. The van der Waals surface area contributed by atoms with Gasteiger partial charge in [0.1, 0.15) is 6.04 Å². The Bertz CT molecular complexity index is 213. The van der Waals surface area contributed by atoms with Gasteiger partial charge < -0.3 is 10.8 Å². The second-order valence-corrected chi connectivity index (χ2v) is 5.24. The Morgan fingerprint density at radius 1 is 1.71 bits per heavy atom. The molecule has 4 nitrogen and oxygen atoms in total. The molecule has 0 saturated carbocycles. The van der Waals surface area contributed by atoms with E-state index in [1.807, 2.05) is 11.8 Å². The molecule has 3 N–H and O–H groups in total. The van der Waals surface area contributed by atoms with Crippen LogP contribution in [-0.2, 0) is 4.79 Å². The van der Waals surface area contributed by atoms with Crippen molar-refractivity contribution in [2.75, 3.05) is 18.8 Å². The zero-order chi connectivity index (χ0) is 10.7. The van der Waals surface area contributed by atoms with Gasteiger partial charge in [-0.1, -0.05) is 6.92 Å². The maximum absolute atomic E-state index is 10.6. The van der Waals surface area contributed by atoms with Crippen molar-refractivity contribution in [1.29, 1.82) is 0 Å². The van der Waals surface area contributed by atoms with E-state index in [0.717, 1.165) is 12.3 Å². The minimum absolute atomic E-state index is 0.416. The largest absolute Gasteiger partial charge is 0.480 e. The van der Waals surface area contributed by atoms with Crippen LogP contribution >= 0.6 is 11.8 Å². The van der Waals surface area contributed by atoms with E-state index in [2.05, 4.69) is 18.7 Å². The van der Waals surface area contributed by atoms with Crippen LogP contribution in [0.25, 0.3) is 0 Å². The van der Waals surface area contributed by atoms with Crippen LogP contribution in [0.1, 0.15) is 13.8 Å². The van der Waals surface area contributed by atoms with Crippen molar-refractivity contribution in [2.45, 2.75) is 31.2 Å². The van der Waals surface area contributed by atoms with Gasteiger partial charge in [-0.3, -0.25) is 9.69 Å². The maximum atomic E-state index is 10.6. The summed E-state index contributed by atoms with van der Waals surface area (Å²) in [5.41, 5.74) is 5.51. The van der Waals surface area contributed by atoms with Crippen LogP contribution in [0.2, 0.25) is 0 Å². The topological polar surface area (TPSA) is 66.6 Å². The predicted octanol–water partition coefficient (Wildman–Crippen LogP) is 0.224. The highest BCUT2D eigenvalue weighted by Gasteiger charge is 2.27. The van der Waals surface area contributed by atoms with Gasteiger partial charge in [-0.25, -0.2) is 0 Å². The molecule has 0 aliphatic carbocycles. The summed E-state index contributed by atoms with van der Waals surface area (Å²) in [6.45, 7) is 5.71. The average molecular weight is 218 g/mol. The number of carboxylic acids is 1. The van der Waals surface area contributed by atoms with E-state index in [0.29, 0.717) is 17.8 Å². The lowest BCUT2D eigenvalue weighted by atomic mass is 10.2. The number of thioether (sulfide) groups is 1. The summed E-state index contributed by atoms with van der Waals surface area (Å²) in [5, 5.41) is 9.27. The Hall–Kier alpha value is -0.260. The standard InChI is InChI=1S/C9H18N2O2S/c1-6-7(2)14-4-3-11(6)5-8(10)9(12)13/h6-8H,3-5,10H2,1-2H3,(H,12,13). The van der Waals surface area contributed by atoms with Gasteiger partial charge in [0.15, 0.2) is 0 Å². The fraction of sp³-hybridized carbons (Fsp3) is 0.889. The number of hydrogen-bond acceptors (Lipinski definition) is 4. The maximum Gasteiger partial charge on any atom is 0.321 e. The van der Waals surface area contributed by atoms with Crippen LogP contribution in [0.3, 0.4) is 0 Å². The average Bonchev–Trinajstić information content (AvgIpc) is 2.12. The van der Waals surface area contributed by atoms with Crippen LogP contribution in [0.15, 0.2) is 0 Å². The van der Waals surface area contributed by atoms with E-state index in [4.69, 9.17) is 10.8 Å². The SMILES string of the molecule is CC1SCCN(CC(N)C(=O)O)C1C. The molecule has 0 bridgehead atoms. The number of hydrogen-bond donors (Lipinski definition) is 2. The lowest BCUT2D eigenvalue weighted by Crippen LogP contribution is -2.51. The first-order chi connectivity index (χ1) is 6.52. The number of nitrogens with zero attached hydrogens (tertiary/aromatic N) is 1. The Morgan fingerprint density at radius 3 is 2.93 bits per heavy atom. The molecule has 1 aliphatic heterocycles. The van der Waals surface area contributed by atoms with Gasteiger partial charge >= 0.3 is 5.97 Å². The van der Waals surface area contributed by atoms with E-state index >= 15 is 0 Å². The van der Waals surface area contributed by atoms with Gasteiger partial charge in [0.25, 0.3) is 0 Å². The van der Waals surface area contributed by atoms with E-state index in [1.165, 1.54) is 0 Å². The monoisotopic (exact) mass is 218 g/mol. The van der Waals surface area contributed by atoms with Crippen LogP contribution < -0.4 is 5.73 Å². The van der Waals surface area contributed by atoms with E-state index in [1.54, 1.807) is 0 Å².